The summed E-state index contributed by atoms with van der Waals surface area (Å²) in [5.41, 5.74) is 9.96. The Hall–Kier alpha value is -7.76. The van der Waals surface area contributed by atoms with Gasteiger partial charge in [-0.15, -0.1) is 0 Å². The molecule has 0 aliphatic rings. The Bertz CT molecular complexity index is 3820. The summed E-state index contributed by atoms with van der Waals surface area (Å²) in [6, 6.07) is 64.7. The smallest absolute Gasteiger partial charge is 0.235 e. The predicted octanol–water partition coefficient (Wildman–Crippen LogP) is 13.7. The highest BCUT2D eigenvalue weighted by atomic mass is 16.3. The molecule has 0 amide bonds. The van der Waals surface area contributed by atoms with Gasteiger partial charge >= 0.3 is 0 Å². The van der Waals surface area contributed by atoms with Crippen LogP contribution in [0.5, 0.6) is 0 Å². The zero-order valence-electron chi connectivity index (χ0n) is 30.5. The van der Waals surface area contributed by atoms with Crippen LogP contribution in [0.25, 0.3) is 121 Å². The molecule has 4 heterocycles. The summed E-state index contributed by atoms with van der Waals surface area (Å²) in [5.74, 6) is 0.624. The lowest BCUT2D eigenvalue weighted by Crippen LogP contribution is -2.05. The average Bonchev–Trinajstić information content (AvgIpc) is 3.93. The molecule has 5 nitrogen and oxygen atoms in total. The summed E-state index contributed by atoms with van der Waals surface area (Å²) in [5, 5.41) is 12.4. The largest absolute Gasteiger partial charge is 0.455 e. The van der Waals surface area contributed by atoms with Gasteiger partial charge in [0.25, 0.3) is 0 Å². The van der Waals surface area contributed by atoms with Gasteiger partial charge in [-0.25, -0.2) is 9.97 Å². The van der Waals surface area contributed by atoms with Gasteiger partial charge in [-0.3, -0.25) is 4.57 Å². The minimum Gasteiger partial charge on any atom is -0.455 e. The highest BCUT2D eigenvalue weighted by molar-refractivity contribution is 6.29. The van der Waals surface area contributed by atoms with Crippen LogP contribution in [0.4, 0.5) is 0 Å². The van der Waals surface area contributed by atoms with Gasteiger partial charge in [0, 0.05) is 43.3 Å². The molecule has 13 rings (SSSR count). The summed E-state index contributed by atoms with van der Waals surface area (Å²) in [7, 11) is 0. The summed E-state index contributed by atoms with van der Waals surface area (Å²) < 4.78 is 11.5. The van der Waals surface area contributed by atoms with E-state index in [1.54, 1.807) is 0 Å². The van der Waals surface area contributed by atoms with Crippen LogP contribution < -0.4 is 0 Å². The zero-order chi connectivity index (χ0) is 37.2. The second kappa shape index (κ2) is 11.4. The third-order valence-corrected chi connectivity index (χ3v) is 11.9. The summed E-state index contributed by atoms with van der Waals surface area (Å²) in [4.78, 5) is 10.9. The van der Waals surface area contributed by atoms with Crippen molar-refractivity contribution in [3.05, 3.63) is 182 Å². The van der Waals surface area contributed by atoms with Crippen molar-refractivity contribution >= 4 is 98.0 Å². The normalized spacial score (nSPS) is 12.2. The second-order valence-corrected chi connectivity index (χ2v) is 14.9. The van der Waals surface area contributed by atoms with Crippen molar-refractivity contribution in [3.8, 4) is 22.9 Å². The molecule has 0 unspecified atom stereocenters. The molecule has 0 bridgehead atoms. The van der Waals surface area contributed by atoms with Crippen LogP contribution in [0.3, 0.4) is 0 Å². The number of benzene rings is 9. The van der Waals surface area contributed by atoms with Gasteiger partial charge in [0.1, 0.15) is 11.2 Å². The van der Waals surface area contributed by atoms with Crippen molar-refractivity contribution in [1.82, 2.24) is 19.1 Å². The van der Waals surface area contributed by atoms with Crippen molar-refractivity contribution in [3.63, 3.8) is 0 Å². The number of rotatable bonds is 3. The van der Waals surface area contributed by atoms with Crippen LogP contribution in [0.1, 0.15) is 0 Å². The molecule has 0 aliphatic heterocycles. The van der Waals surface area contributed by atoms with Gasteiger partial charge in [0.15, 0.2) is 0 Å². The van der Waals surface area contributed by atoms with Gasteiger partial charge in [-0.2, -0.15) is 0 Å². The first-order valence-electron chi connectivity index (χ1n) is 19.3. The van der Waals surface area contributed by atoms with E-state index in [9.17, 15) is 0 Å². The van der Waals surface area contributed by atoms with Crippen molar-refractivity contribution in [1.29, 1.82) is 0 Å². The van der Waals surface area contributed by atoms with Gasteiger partial charge in [-0.05, 0) is 58.6 Å². The van der Waals surface area contributed by atoms with E-state index in [1.165, 1.54) is 21.5 Å². The molecule has 0 atom stereocenters. The maximum absolute atomic E-state index is 6.79. The van der Waals surface area contributed by atoms with E-state index in [1.807, 2.05) is 6.07 Å². The average molecular weight is 727 g/mol. The molecule has 57 heavy (non-hydrogen) atoms. The fourth-order valence-corrected chi connectivity index (χ4v) is 9.40. The summed E-state index contributed by atoms with van der Waals surface area (Å²) in [6.07, 6.45) is 0. The summed E-state index contributed by atoms with van der Waals surface area (Å²) in [6.45, 7) is 0. The maximum Gasteiger partial charge on any atom is 0.235 e. The molecule has 13 aromatic rings. The Morgan fingerprint density at radius 3 is 2.00 bits per heavy atom. The first kappa shape index (κ1) is 30.6. The topological polar surface area (TPSA) is 48.8 Å². The molecule has 9 aromatic carbocycles. The Morgan fingerprint density at radius 2 is 1.09 bits per heavy atom. The third kappa shape index (κ3) is 4.23. The van der Waals surface area contributed by atoms with E-state index in [-0.39, 0.29) is 0 Å². The van der Waals surface area contributed by atoms with Crippen LogP contribution in [0.15, 0.2) is 186 Å². The Kier molecular flexibility index (Phi) is 6.10. The fourth-order valence-electron chi connectivity index (χ4n) is 9.40. The molecule has 0 fully saturated rings. The minimum atomic E-state index is 0.624. The van der Waals surface area contributed by atoms with E-state index in [2.05, 4.69) is 185 Å². The number of fused-ring (bicyclic) bond motifs is 14. The van der Waals surface area contributed by atoms with Crippen LogP contribution in [-0.4, -0.2) is 19.1 Å². The lowest BCUT2D eigenvalue weighted by molar-refractivity contribution is 0.673. The first-order chi connectivity index (χ1) is 28.3. The second-order valence-electron chi connectivity index (χ2n) is 14.9. The van der Waals surface area contributed by atoms with Crippen molar-refractivity contribution in [2.75, 3.05) is 0 Å². The standard InChI is InChI=1S/C52H30N4O/c1-2-14-33-30-34(25-24-31(33)12-1)48-40-19-5-8-20-42(40)53-52(54-48)56-44-21-9-6-17-36(44)38-26-27-41-47-45(29-28-39-37-18-7-10-23-46(37)57-51(39)47)55(50(41)49(38)56)43-22-11-15-32-13-3-4-16-35(32)43/h1-30H. The molecular formula is C52H30N4O. The van der Waals surface area contributed by atoms with E-state index >= 15 is 0 Å². The molecule has 264 valence electrons. The molecule has 4 aromatic heterocycles. The van der Waals surface area contributed by atoms with Gasteiger partial charge in [0.05, 0.1) is 44.4 Å². The lowest BCUT2D eigenvalue weighted by Gasteiger charge is -2.15. The molecule has 0 aliphatic carbocycles. The highest BCUT2D eigenvalue weighted by Gasteiger charge is 2.26. The number of hydrogen-bond acceptors (Lipinski definition) is 3. The number of furan rings is 1. The number of hydrogen-bond donors (Lipinski definition) is 0. The van der Waals surface area contributed by atoms with E-state index in [0.717, 1.165) is 93.4 Å². The van der Waals surface area contributed by atoms with Gasteiger partial charge in [0.2, 0.25) is 5.95 Å². The SMILES string of the molecule is c1ccc2cc(-c3nc(-n4c5ccccc5c5ccc6c7c8oc9ccccc9c8ccc7n(-c7cccc8ccccc78)c6c54)nc4ccccc34)ccc2c1. The molecule has 0 spiro atoms. The van der Waals surface area contributed by atoms with E-state index in [0.29, 0.717) is 5.95 Å². The quantitative estimate of drug-likeness (QED) is 0.182. The maximum atomic E-state index is 6.79. The van der Waals surface area contributed by atoms with Crippen molar-refractivity contribution < 1.29 is 4.42 Å². The van der Waals surface area contributed by atoms with Crippen LogP contribution in [-0.2, 0) is 0 Å². The van der Waals surface area contributed by atoms with Gasteiger partial charge < -0.3 is 8.98 Å². The highest BCUT2D eigenvalue weighted by Crippen LogP contribution is 2.46. The lowest BCUT2D eigenvalue weighted by atomic mass is 10.0. The fraction of sp³-hybridized carbons (Fsp3) is 0. The van der Waals surface area contributed by atoms with Gasteiger partial charge in [-0.1, -0.05) is 140 Å². The molecule has 0 saturated heterocycles. The van der Waals surface area contributed by atoms with Crippen LogP contribution in [0.2, 0.25) is 0 Å². The number of aromatic nitrogens is 4. The van der Waals surface area contributed by atoms with E-state index < -0.39 is 0 Å². The Labute approximate surface area is 325 Å². The summed E-state index contributed by atoms with van der Waals surface area (Å²) >= 11 is 0. The van der Waals surface area contributed by atoms with Crippen LogP contribution in [0, 0.1) is 0 Å². The zero-order valence-corrected chi connectivity index (χ0v) is 30.5. The Morgan fingerprint density at radius 1 is 0.404 bits per heavy atom. The third-order valence-electron chi connectivity index (χ3n) is 11.9. The van der Waals surface area contributed by atoms with Crippen LogP contribution >= 0.6 is 0 Å². The van der Waals surface area contributed by atoms with Crippen molar-refractivity contribution in [2.24, 2.45) is 0 Å². The number of para-hydroxylation sites is 3. The first-order valence-corrected chi connectivity index (χ1v) is 19.3. The predicted molar refractivity (Wildman–Crippen MR) is 236 cm³/mol. The molecule has 0 saturated carbocycles. The molecular weight excluding hydrogens is 697 g/mol. The Balaban J connectivity index is 1.23. The monoisotopic (exact) mass is 726 g/mol. The number of nitrogens with zero attached hydrogens (tertiary/aromatic N) is 4. The van der Waals surface area contributed by atoms with E-state index in [4.69, 9.17) is 14.4 Å². The molecule has 5 heteroatoms. The van der Waals surface area contributed by atoms with Crippen molar-refractivity contribution in [2.45, 2.75) is 0 Å². The minimum absolute atomic E-state index is 0.624. The molecule has 0 N–H and O–H groups in total. The molecule has 0 radical (unpaired) electrons.